The van der Waals surface area contributed by atoms with E-state index < -0.39 is 0 Å². The van der Waals surface area contributed by atoms with Gasteiger partial charge < -0.3 is 10.1 Å². The van der Waals surface area contributed by atoms with Crippen molar-refractivity contribution in [1.29, 1.82) is 0 Å². The second kappa shape index (κ2) is 3.93. The van der Waals surface area contributed by atoms with Crippen LogP contribution in [0.1, 0.15) is 0 Å². The van der Waals surface area contributed by atoms with E-state index in [1.165, 1.54) is 0 Å². The number of nitrogens with one attached hydrogen (secondary N) is 1. The van der Waals surface area contributed by atoms with E-state index in [-0.39, 0.29) is 0 Å². The summed E-state index contributed by atoms with van der Waals surface area (Å²) >= 11 is 4.50. The second-order valence-corrected chi connectivity index (χ2v) is 2.16. The van der Waals surface area contributed by atoms with Crippen molar-refractivity contribution in [2.45, 2.75) is 0 Å². The van der Waals surface area contributed by atoms with Crippen molar-refractivity contribution in [2.75, 3.05) is 12.4 Å². The number of thiocarbonyl (C=S) groups is 1. The van der Waals surface area contributed by atoms with Crippen LogP contribution in [0, 0.1) is 0 Å². The number of hydrogen-bond donors (Lipinski definition) is 1. The quantitative estimate of drug-likeness (QED) is 0.547. The van der Waals surface area contributed by atoms with Gasteiger partial charge in [0.25, 0.3) is 0 Å². The van der Waals surface area contributed by atoms with Crippen molar-refractivity contribution < 1.29 is 4.74 Å². The number of benzene rings is 1. The van der Waals surface area contributed by atoms with Gasteiger partial charge >= 0.3 is 0 Å². The van der Waals surface area contributed by atoms with Gasteiger partial charge in [-0.3, -0.25) is 0 Å². The third-order valence-electron chi connectivity index (χ3n) is 1.29. The molecule has 0 saturated carbocycles. The zero-order valence-electron chi connectivity index (χ0n) is 6.13. The van der Waals surface area contributed by atoms with Gasteiger partial charge in [0.1, 0.15) is 11.2 Å². The Balaban J connectivity index is 2.74. The van der Waals surface area contributed by atoms with Crippen molar-refractivity contribution in [3.05, 3.63) is 24.3 Å². The van der Waals surface area contributed by atoms with E-state index in [0.29, 0.717) is 0 Å². The Labute approximate surface area is 71.2 Å². The number of rotatable bonds is 3. The molecule has 0 aliphatic heterocycles. The minimum absolute atomic E-state index is 0.833. The van der Waals surface area contributed by atoms with Crippen molar-refractivity contribution in [1.82, 2.24) is 0 Å². The fourth-order valence-corrected chi connectivity index (χ4v) is 0.851. The third kappa shape index (κ3) is 2.20. The molecule has 0 heterocycles. The van der Waals surface area contributed by atoms with E-state index in [4.69, 9.17) is 4.74 Å². The number of ether oxygens (including phenoxy) is 1. The molecule has 0 aliphatic rings. The van der Waals surface area contributed by atoms with Crippen LogP contribution < -0.4 is 10.1 Å². The van der Waals surface area contributed by atoms with Gasteiger partial charge in [-0.25, -0.2) is 0 Å². The smallest absolute Gasteiger partial charge is 0.138 e. The van der Waals surface area contributed by atoms with Crippen LogP contribution in [0.3, 0.4) is 0 Å². The molecule has 2 nitrogen and oxygen atoms in total. The predicted octanol–water partition coefficient (Wildman–Crippen LogP) is 1.94. The summed E-state index contributed by atoms with van der Waals surface area (Å²) < 4.78 is 4.97. The Bertz CT molecular complexity index is 232. The first-order chi connectivity index (χ1) is 5.36. The first-order valence-corrected chi connectivity index (χ1v) is 3.55. The summed E-state index contributed by atoms with van der Waals surface area (Å²) in [7, 11) is 1.63. The molecule has 0 unspecified atom stereocenters. The largest absolute Gasteiger partial charge is 0.497 e. The van der Waals surface area contributed by atoms with E-state index in [1.807, 2.05) is 24.3 Å². The number of anilines is 1. The van der Waals surface area contributed by atoms with Gasteiger partial charge in [0.2, 0.25) is 0 Å². The lowest BCUT2D eigenvalue weighted by atomic mass is 10.3. The molecule has 0 spiro atoms. The van der Waals surface area contributed by atoms with Crippen LogP contribution in [0.4, 0.5) is 5.69 Å². The summed E-state index contributed by atoms with van der Waals surface area (Å²) in [5, 5.41) is 2.77. The van der Waals surface area contributed by atoms with Crippen LogP contribution >= 0.6 is 12.2 Å². The van der Waals surface area contributed by atoms with E-state index in [0.717, 1.165) is 11.4 Å². The minimum atomic E-state index is 0.833. The van der Waals surface area contributed by atoms with E-state index in [1.54, 1.807) is 7.11 Å². The zero-order valence-corrected chi connectivity index (χ0v) is 6.94. The first kappa shape index (κ1) is 8.01. The van der Waals surface area contributed by atoms with Crippen LogP contribution in [0.2, 0.25) is 0 Å². The van der Waals surface area contributed by atoms with E-state index in [2.05, 4.69) is 23.0 Å². The van der Waals surface area contributed by atoms with Gasteiger partial charge in [0.15, 0.2) is 0 Å². The molecule has 1 radical (unpaired) electrons. The van der Waals surface area contributed by atoms with Crippen LogP contribution in [-0.4, -0.2) is 12.6 Å². The maximum absolute atomic E-state index is 4.97. The van der Waals surface area contributed by atoms with Gasteiger partial charge in [-0.05, 0) is 24.3 Å². The molecule has 11 heavy (non-hydrogen) atoms. The van der Waals surface area contributed by atoms with Crippen molar-refractivity contribution in [3.8, 4) is 5.75 Å². The summed E-state index contributed by atoms with van der Waals surface area (Å²) in [5.74, 6) is 0.833. The molecule has 1 rings (SSSR count). The first-order valence-electron chi connectivity index (χ1n) is 3.14. The SMILES string of the molecule is COc1ccc(N[C]=S)cc1. The van der Waals surface area contributed by atoms with Gasteiger partial charge in [-0.2, -0.15) is 0 Å². The molecular formula is C8H8NOS. The summed E-state index contributed by atoms with van der Waals surface area (Å²) in [5.41, 5.74) is 3.33. The van der Waals surface area contributed by atoms with Crippen LogP contribution in [-0.2, 0) is 0 Å². The van der Waals surface area contributed by atoms with E-state index >= 15 is 0 Å². The molecule has 0 atom stereocenters. The molecule has 1 aromatic carbocycles. The van der Waals surface area contributed by atoms with Crippen molar-refractivity contribution in [3.63, 3.8) is 0 Å². The topological polar surface area (TPSA) is 21.3 Å². The molecule has 0 saturated heterocycles. The lowest BCUT2D eigenvalue weighted by Gasteiger charge is -2.00. The Morgan fingerprint density at radius 3 is 2.45 bits per heavy atom. The Kier molecular flexibility index (Phi) is 2.86. The van der Waals surface area contributed by atoms with Crippen molar-refractivity contribution >= 4 is 23.4 Å². The maximum atomic E-state index is 4.97. The van der Waals surface area contributed by atoms with Gasteiger partial charge in [0, 0.05) is 5.69 Å². The zero-order chi connectivity index (χ0) is 8.10. The van der Waals surface area contributed by atoms with Gasteiger partial charge in [-0.15, -0.1) is 0 Å². The Morgan fingerprint density at radius 2 is 2.00 bits per heavy atom. The highest BCUT2D eigenvalue weighted by molar-refractivity contribution is 7.79. The summed E-state index contributed by atoms with van der Waals surface area (Å²) in [6, 6.07) is 7.46. The Hall–Kier alpha value is -1.09. The molecule has 1 N–H and O–H groups in total. The molecule has 0 aliphatic carbocycles. The minimum Gasteiger partial charge on any atom is -0.497 e. The normalized spacial score (nSPS) is 8.82. The highest BCUT2D eigenvalue weighted by Crippen LogP contribution is 2.13. The maximum Gasteiger partial charge on any atom is 0.138 e. The number of hydrogen-bond acceptors (Lipinski definition) is 2. The van der Waals surface area contributed by atoms with Gasteiger partial charge in [-0.1, -0.05) is 12.2 Å². The monoisotopic (exact) mass is 166 g/mol. The van der Waals surface area contributed by atoms with Crippen LogP contribution in [0.15, 0.2) is 24.3 Å². The highest BCUT2D eigenvalue weighted by atomic mass is 32.1. The third-order valence-corrected chi connectivity index (χ3v) is 1.39. The summed E-state index contributed by atoms with van der Waals surface area (Å²) in [6.07, 6.45) is 0. The molecule has 0 bridgehead atoms. The fraction of sp³-hybridized carbons (Fsp3) is 0.125. The average Bonchev–Trinajstić information content (AvgIpc) is 2.07. The molecule has 3 heteroatoms. The molecular weight excluding hydrogens is 158 g/mol. The van der Waals surface area contributed by atoms with Crippen LogP contribution in [0.5, 0.6) is 5.75 Å². The summed E-state index contributed by atoms with van der Waals surface area (Å²) in [6.45, 7) is 0. The summed E-state index contributed by atoms with van der Waals surface area (Å²) in [4.78, 5) is 0. The lowest BCUT2D eigenvalue weighted by Crippen LogP contribution is -1.91. The fourth-order valence-electron chi connectivity index (χ4n) is 0.733. The molecule has 1 aromatic rings. The van der Waals surface area contributed by atoms with Crippen molar-refractivity contribution in [2.24, 2.45) is 0 Å². The average molecular weight is 166 g/mol. The molecule has 0 fully saturated rings. The number of methoxy groups -OCH3 is 1. The lowest BCUT2D eigenvalue weighted by molar-refractivity contribution is 0.415. The molecule has 57 valence electrons. The Morgan fingerprint density at radius 1 is 1.36 bits per heavy atom. The highest BCUT2D eigenvalue weighted by Gasteiger charge is 1.89. The predicted molar refractivity (Wildman–Crippen MR) is 49.2 cm³/mol. The molecule has 0 aromatic heterocycles. The second-order valence-electron chi connectivity index (χ2n) is 1.96. The van der Waals surface area contributed by atoms with E-state index in [9.17, 15) is 0 Å². The van der Waals surface area contributed by atoms with Crippen LogP contribution in [0.25, 0.3) is 0 Å². The standard InChI is InChI=1S/C8H8NOS/c1-10-8-4-2-7(3-5-8)9-6-11/h2-5H,1H3,(H,9,11). The van der Waals surface area contributed by atoms with Gasteiger partial charge in [0.05, 0.1) is 7.11 Å². The molecule has 0 amide bonds.